The minimum Gasteiger partial charge on any atom is -0.462 e. The Hall–Kier alpha value is -3.97. The van der Waals surface area contributed by atoms with E-state index in [1.165, 1.54) is 24.3 Å². The van der Waals surface area contributed by atoms with Crippen molar-refractivity contribution in [3.8, 4) is 22.6 Å². The Morgan fingerprint density at radius 1 is 0.684 bits per heavy atom. The molecule has 0 spiro atoms. The number of benzene rings is 3. The lowest BCUT2D eigenvalue weighted by atomic mass is 10.0. The van der Waals surface area contributed by atoms with Crippen molar-refractivity contribution in [2.75, 3.05) is 13.2 Å². The lowest BCUT2D eigenvalue weighted by Gasteiger charge is -2.12. The van der Waals surface area contributed by atoms with Gasteiger partial charge in [0.25, 0.3) is 0 Å². The maximum Gasteiger partial charge on any atom is 0.343 e. The highest BCUT2D eigenvalue weighted by Crippen LogP contribution is 2.24. The second-order valence-corrected chi connectivity index (χ2v) is 9.06. The average molecular weight is 519 g/mol. The van der Waals surface area contributed by atoms with Gasteiger partial charge < -0.3 is 18.9 Å². The molecule has 7 heteroatoms. The first-order valence-corrected chi connectivity index (χ1v) is 12.8. The Kier molecular flexibility index (Phi) is 10.6. The van der Waals surface area contributed by atoms with Gasteiger partial charge in [-0.2, -0.15) is 0 Å². The molecule has 0 aliphatic rings. The minimum atomic E-state index is -0.670. The largest absolute Gasteiger partial charge is 0.462 e. The smallest absolute Gasteiger partial charge is 0.343 e. The Labute approximate surface area is 223 Å². The van der Waals surface area contributed by atoms with Crippen LogP contribution in [0.2, 0.25) is 0 Å². The minimum absolute atomic E-state index is 0.317. The molecule has 7 nitrogen and oxygen atoms in total. The number of hydrogen-bond donors (Lipinski definition) is 0. The third kappa shape index (κ3) is 8.28. The molecule has 0 aliphatic heterocycles. The zero-order valence-electron chi connectivity index (χ0n) is 22.3. The van der Waals surface area contributed by atoms with E-state index in [9.17, 15) is 14.4 Å². The summed E-state index contributed by atoms with van der Waals surface area (Å²) in [7, 11) is 0. The summed E-state index contributed by atoms with van der Waals surface area (Å²) in [6.07, 6.45) is 1.09. The molecule has 0 bridgehead atoms. The molecule has 0 N–H and O–H groups in total. The summed E-state index contributed by atoms with van der Waals surface area (Å²) in [6, 6.07) is 20.4. The van der Waals surface area contributed by atoms with E-state index >= 15 is 0 Å². The van der Waals surface area contributed by atoms with Crippen LogP contribution in [0, 0.1) is 5.92 Å². The van der Waals surface area contributed by atoms with Gasteiger partial charge in [-0.15, -0.1) is 0 Å². The van der Waals surface area contributed by atoms with E-state index in [-0.39, 0.29) is 5.97 Å². The molecule has 38 heavy (non-hydrogen) atoms. The van der Waals surface area contributed by atoms with Crippen molar-refractivity contribution >= 4 is 17.9 Å². The van der Waals surface area contributed by atoms with Crippen LogP contribution in [0.1, 0.15) is 61.3 Å². The van der Waals surface area contributed by atoms with Crippen LogP contribution in [0.3, 0.4) is 0 Å². The molecule has 0 radical (unpaired) electrons. The maximum absolute atomic E-state index is 12.6. The molecule has 0 amide bonds. The van der Waals surface area contributed by atoms with Gasteiger partial charge >= 0.3 is 17.9 Å². The molecule has 3 aromatic rings. The van der Waals surface area contributed by atoms with Crippen LogP contribution >= 0.6 is 0 Å². The molecule has 0 heterocycles. The first-order chi connectivity index (χ1) is 18.3. The van der Waals surface area contributed by atoms with Gasteiger partial charge in [-0.05, 0) is 78.9 Å². The standard InChI is InChI=1S/C31H34O7/c1-5-19-35-22(4)29(32)37-27-17-13-26(14-18-27)31(34)38-28-15-11-24(12-16-28)23-7-9-25(10-8-23)30(33)36-20-21(3)6-2/h7-18,21-22H,5-6,19-20H2,1-4H3/t21-,22-/m0/s1. The molecule has 0 unspecified atom stereocenters. The monoisotopic (exact) mass is 518 g/mol. The Bertz CT molecular complexity index is 1200. The molecular formula is C31H34O7. The number of rotatable bonds is 12. The lowest BCUT2D eigenvalue weighted by molar-refractivity contribution is -0.146. The SMILES string of the molecule is CCCO[C@@H](C)C(=O)Oc1ccc(C(=O)Oc2ccc(-c3ccc(C(=O)OC[C@@H](C)CC)cc3)cc2)cc1. The summed E-state index contributed by atoms with van der Waals surface area (Å²) in [4.78, 5) is 36.8. The molecule has 0 saturated heterocycles. The second-order valence-electron chi connectivity index (χ2n) is 9.06. The second kappa shape index (κ2) is 14.1. The van der Waals surface area contributed by atoms with Crippen molar-refractivity contribution in [3.63, 3.8) is 0 Å². The summed E-state index contributed by atoms with van der Waals surface area (Å²) < 4.78 is 21.5. The van der Waals surface area contributed by atoms with E-state index < -0.39 is 18.0 Å². The van der Waals surface area contributed by atoms with E-state index in [1.54, 1.807) is 31.2 Å². The predicted molar refractivity (Wildman–Crippen MR) is 144 cm³/mol. The van der Waals surface area contributed by atoms with E-state index in [0.29, 0.717) is 41.8 Å². The topological polar surface area (TPSA) is 88.1 Å². The van der Waals surface area contributed by atoms with Crippen molar-refractivity contribution in [2.24, 2.45) is 5.92 Å². The summed E-state index contributed by atoms with van der Waals surface area (Å²) in [5, 5.41) is 0. The van der Waals surface area contributed by atoms with Gasteiger partial charge in [0.15, 0.2) is 6.10 Å². The van der Waals surface area contributed by atoms with Gasteiger partial charge in [-0.1, -0.05) is 51.5 Å². The Morgan fingerprint density at radius 2 is 1.18 bits per heavy atom. The summed E-state index contributed by atoms with van der Waals surface area (Å²) in [5.41, 5.74) is 2.65. The predicted octanol–water partition coefficient (Wildman–Crippen LogP) is 6.50. The number of carbonyl (C=O) groups excluding carboxylic acids is 3. The highest BCUT2D eigenvalue weighted by molar-refractivity contribution is 5.91. The molecule has 2 atom stereocenters. The third-order valence-electron chi connectivity index (χ3n) is 5.93. The van der Waals surface area contributed by atoms with Crippen molar-refractivity contribution in [3.05, 3.63) is 83.9 Å². The Balaban J connectivity index is 1.54. The highest BCUT2D eigenvalue weighted by Gasteiger charge is 2.16. The van der Waals surface area contributed by atoms with E-state index in [2.05, 4.69) is 6.92 Å². The fourth-order valence-electron chi connectivity index (χ4n) is 3.32. The maximum atomic E-state index is 12.6. The normalized spacial score (nSPS) is 12.3. The van der Waals surface area contributed by atoms with Gasteiger partial charge in [0.2, 0.25) is 0 Å². The first-order valence-electron chi connectivity index (χ1n) is 12.8. The molecule has 0 aromatic heterocycles. The van der Waals surface area contributed by atoms with Crippen molar-refractivity contribution < 1.29 is 33.3 Å². The van der Waals surface area contributed by atoms with Crippen molar-refractivity contribution in [1.29, 1.82) is 0 Å². The van der Waals surface area contributed by atoms with Crippen LogP contribution in [-0.4, -0.2) is 37.2 Å². The quantitative estimate of drug-likeness (QED) is 0.200. The van der Waals surface area contributed by atoms with E-state index in [1.807, 2.05) is 38.1 Å². The number of carbonyl (C=O) groups is 3. The number of esters is 3. The molecule has 0 fully saturated rings. The van der Waals surface area contributed by atoms with Gasteiger partial charge in [-0.3, -0.25) is 0 Å². The lowest BCUT2D eigenvalue weighted by Crippen LogP contribution is -2.26. The average Bonchev–Trinajstić information content (AvgIpc) is 2.95. The molecule has 0 saturated carbocycles. The summed E-state index contributed by atoms with van der Waals surface area (Å²) in [6.45, 7) is 8.57. The van der Waals surface area contributed by atoms with Gasteiger partial charge in [-0.25, -0.2) is 14.4 Å². The first kappa shape index (κ1) is 28.6. The van der Waals surface area contributed by atoms with Gasteiger partial charge in [0.05, 0.1) is 17.7 Å². The summed E-state index contributed by atoms with van der Waals surface area (Å²) >= 11 is 0. The van der Waals surface area contributed by atoms with Gasteiger partial charge in [0.1, 0.15) is 11.5 Å². The van der Waals surface area contributed by atoms with Gasteiger partial charge in [0, 0.05) is 6.61 Å². The molecule has 3 aromatic carbocycles. The molecule has 0 aliphatic carbocycles. The number of ether oxygens (including phenoxy) is 4. The van der Waals surface area contributed by atoms with E-state index in [0.717, 1.165) is 24.0 Å². The zero-order valence-corrected chi connectivity index (χ0v) is 22.3. The van der Waals surface area contributed by atoms with Crippen LogP contribution in [0.5, 0.6) is 11.5 Å². The molecule has 200 valence electrons. The fraction of sp³-hybridized carbons (Fsp3) is 0.323. The van der Waals surface area contributed by atoms with Crippen molar-refractivity contribution in [1.82, 2.24) is 0 Å². The van der Waals surface area contributed by atoms with Crippen LogP contribution in [-0.2, 0) is 14.3 Å². The van der Waals surface area contributed by atoms with Crippen LogP contribution in [0.25, 0.3) is 11.1 Å². The highest BCUT2D eigenvalue weighted by atomic mass is 16.6. The molecular weight excluding hydrogens is 484 g/mol. The van der Waals surface area contributed by atoms with Crippen LogP contribution in [0.4, 0.5) is 0 Å². The zero-order chi connectivity index (χ0) is 27.5. The third-order valence-corrected chi connectivity index (χ3v) is 5.93. The van der Waals surface area contributed by atoms with Crippen LogP contribution in [0.15, 0.2) is 72.8 Å². The summed E-state index contributed by atoms with van der Waals surface area (Å²) in [5.74, 6) is -0.324. The van der Waals surface area contributed by atoms with E-state index in [4.69, 9.17) is 18.9 Å². The Morgan fingerprint density at radius 3 is 1.76 bits per heavy atom. The van der Waals surface area contributed by atoms with Crippen LogP contribution < -0.4 is 9.47 Å². The van der Waals surface area contributed by atoms with Crippen molar-refractivity contribution in [2.45, 2.75) is 46.6 Å². The fourth-order valence-corrected chi connectivity index (χ4v) is 3.32. The molecule has 3 rings (SSSR count). The number of hydrogen-bond acceptors (Lipinski definition) is 7.